The van der Waals surface area contributed by atoms with Gasteiger partial charge < -0.3 is 0 Å². The summed E-state index contributed by atoms with van der Waals surface area (Å²) in [7, 11) is 0. The summed E-state index contributed by atoms with van der Waals surface area (Å²) in [5.41, 5.74) is 0. The van der Waals surface area contributed by atoms with Crippen molar-refractivity contribution >= 4 is 36.7 Å². The van der Waals surface area contributed by atoms with Gasteiger partial charge >= 0.3 is 191 Å². The van der Waals surface area contributed by atoms with Gasteiger partial charge in [-0.05, 0) is 0 Å². The molecule has 0 saturated carbocycles. The zero-order chi connectivity index (χ0) is 21.1. The van der Waals surface area contributed by atoms with Gasteiger partial charge in [-0.2, -0.15) is 0 Å². The van der Waals surface area contributed by atoms with Crippen LogP contribution >= 0.6 is 20.8 Å². The van der Waals surface area contributed by atoms with Crippen LogP contribution in [0.2, 0.25) is 0 Å². The topological polar surface area (TPSA) is 0 Å². The minimum absolute atomic E-state index is 1.15. The predicted octanol–water partition coefficient (Wildman–Crippen LogP) is 7.74. The Morgan fingerprint density at radius 3 is 1.33 bits per heavy atom. The Hall–Kier alpha value is -1.69. The van der Waals surface area contributed by atoms with Crippen molar-refractivity contribution in [3.63, 3.8) is 0 Å². The Labute approximate surface area is 191 Å². The summed E-state index contributed by atoms with van der Waals surface area (Å²) in [4.78, 5) is 0. The Kier molecular flexibility index (Phi) is 8.49. The fourth-order valence-corrected chi connectivity index (χ4v) is 12.2. The molecule has 0 aromatic heterocycles. The Morgan fingerprint density at radius 2 is 0.933 bits per heavy atom. The van der Waals surface area contributed by atoms with Crippen molar-refractivity contribution in [1.29, 1.82) is 0 Å². The first-order chi connectivity index (χ1) is 14.7. The standard InChI is InChI=1S/C28H34BrP/c1-2-3-4-5-6-7-8-18-25-30(29,26-19-12-9-13-20-26,27-21-14-10-15-22-27)28-23-16-11-17-24-28/h2,9-17,19-24H,1,3-8,18,25H2. The molecule has 0 aliphatic heterocycles. The second-order valence-corrected chi connectivity index (χ2v) is 17.2. The molecule has 0 saturated heterocycles. The van der Waals surface area contributed by atoms with Crippen molar-refractivity contribution in [3.8, 4) is 0 Å². The fourth-order valence-electron chi connectivity index (χ4n) is 4.46. The van der Waals surface area contributed by atoms with Gasteiger partial charge in [0.2, 0.25) is 0 Å². The number of unbranched alkanes of at least 4 members (excludes halogenated alkanes) is 6. The molecule has 0 radical (unpaired) electrons. The van der Waals surface area contributed by atoms with Crippen molar-refractivity contribution in [1.82, 2.24) is 0 Å². The number of benzene rings is 3. The summed E-state index contributed by atoms with van der Waals surface area (Å²) in [6.07, 6.45) is 12.1. The van der Waals surface area contributed by atoms with E-state index in [1.54, 1.807) is 0 Å². The van der Waals surface area contributed by atoms with Gasteiger partial charge in [-0.3, -0.25) is 0 Å². The SMILES string of the molecule is C=CCCCCCCCCP(Br)(c1ccccc1)(c1ccccc1)c1ccccc1. The van der Waals surface area contributed by atoms with Gasteiger partial charge in [-0.15, -0.1) is 0 Å². The first kappa shape index (κ1) is 23.0. The molecule has 158 valence electrons. The maximum atomic E-state index is 4.54. The molecule has 3 aromatic rings. The van der Waals surface area contributed by atoms with Crippen molar-refractivity contribution in [3.05, 3.63) is 104 Å². The van der Waals surface area contributed by atoms with Gasteiger partial charge in [0.15, 0.2) is 0 Å². The maximum absolute atomic E-state index is 4.54. The van der Waals surface area contributed by atoms with Crippen LogP contribution in [0.4, 0.5) is 0 Å². The summed E-state index contributed by atoms with van der Waals surface area (Å²) in [5.74, 6) is 0. The van der Waals surface area contributed by atoms with Crippen LogP contribution < -0.4 is 15.9 Å². The van der Waals surface area contributed by atoms with Crippen molar-refractivity contribution < 1.29 is 0 Å². The molecule has 0 spiro atoms. The van der Waals surface area contributed by atoms with E-state index in [4.69, 9.17) is 0 Å². The van der Waals surface area contributed by atoms with Gasteiger partial charge in [-0.1, -0.05) is 0 Å². The van der Waals surface area contributed by atoms with E-state index in [1.165, 1.54) is 54.4 Å². The molecule has 0 amide bonds. The molecule has 0 aliphatic rings. The van der Waals surface area contributed by atoms with E-state index in [1.807, 2.05) is 6.08 Å². The van der Waals surface area contributed by atoms with E-state index in [0.717, 1.165) is 12.6 Å². The van der Waals surface area contributed by atoms with E-state index in [9.17, 15) is 0 Å². The summed E-state index contributed by atoms with van der Waals surface area (Å²) >= 11 is 4.54. The Balaban J connectivity index is 1.93. The fraction of sp³-hybridized carbons (Fsp3) is 0.286. The Morgan fingerprint density at radius 1 is 0.567 bits per heavy atom. The zero-order valence-corrected chi connectivity index (χ0v) is 20.4. The molecule has 0 fully saturated rings. The third-order valence-electron chi connectivity index (χ3n) is 6.12. The molecular formula is C28H34BrP. The van der Waals surface area contributed by atoms with Crippen LogP contribution in [0.25, 0.3) is 0 Å². The van der Waals surface area contributed by atoms with Gasteiger partial charge in [0, 0.05) is 0 Å². The molecule has 0 atom stereocenters. The monoisotopic (exact) mass is 480 g/mol. The van der Waals surface area contributed by atoms with E-state index < -0.39 is 5.31 Å². The van der Waals surface area contributed by atoms with Crippen LogP contribution in [0.15, 0.2) is 104 Å². The van der Waals surface area contributed by atoms with Crippen LogP contribution in [0.1, 0.15) is 44.9 Å². The Bertz CT molecular complexity index is 790. The molecule has 3 aromatic carbocycles. The van der Waals surface area contributed by atoms with Gasteiger partial charge in [0.05, 0.1) is 0 Å². The van der Waals surface area contributed by atoms with Crippen LogP contribution in [-0.2, 0) is 0 Å². The van der Waals surface area contributed by atoms with Crippen LogP contribution in [-0.4, -0.2) is 6.16 Å². The number of hydrogen-bond donors (Lipinski definition) is 0. The van der Waals surface area contributed by atoms with Crippen molar-refractivity contribution in [2.75, 3.05) is 6.16 Å². The number of rotatable bonds is 12. The molecule has 2 heteroatoms. The molecule has 30 heavy (non-hydrogen) atoms. The van der Waals surface area contributed by atoms with Gasteiger partial charge in [0.25, 0.3) is 0 Å². The second kappa shape index (κ2) is 11.1. The van der Waals surface area contributed by atoms with Gasteiger partial charge in [-0.25, -0.2) is 0 Å². The second-order valence-electron chi connectivity index (χ2n) is 8.11. The molecule has 0 N–H and O–H groups in total. The van der Waals surface area contributed by atoms with E-state index in [-0.39, 0.29) is 0 Å². The minimum atomic E-state index is -2.72. The average molecular weight is 481 g/mol. The van der Waals surface area contributed by atoms with Crippen LogP contribution in [0.3, 0.4) is 0 Å². The number of hydrogen-bond acceptors (Lipinski definition) is 0. The molecule has 0 unspecified atom stereocenters. The molecular weight excluding hydrogens is 447 g/mol. The van der Waals surface area contributed by atoms with E-state index >= 15 is 0 Å². The first-order valence-corrected chi connectivity index (χ1v) is 15.6. The predicted molar refractivity (Wildman–Crippen MR) is 141 cm³/mol. The summed E-state index contributed by atoms with van der Waals surface area (Å²) < 4.78 is 0. The first-order valence-electron chi connectivity index (χ1n) is 11.2. The normalized spacial score (nSPS) is 12.8. The molecule has 0 nitrogen and oxygen atoms in total. The summed E-state index contributed by atoms with van der Waals surface area (Å²) in [6.45, 7) is 3.83. The van der Waals surface area contributed by atoms with Crippen molar-refractivity contribution in [2.45, 2.75) is 44.9 Å². The van der Waals surface area contributed by atoms with E-state index in [2.05, 4.69) is 113 Å². The molecule has 0 bridgehead atoms. The van der Waals surface area contributed by atoms with Crippen LogP contribution in [0.5, 0.6) is 0 Å². The summed E-state index contributed by atoms with van der Waals surface area (Å²) in [6, 6.07) is 33.4. The average Bonchev–Trinajstić information content (AvgIpc) is 2.82. The third kappa shape index (κ3) is 4.96. The number of halogens is 1. The summed E-state index contributed by atoms with van der Waals surface area (Å²) in [5, 5.41) is 1.55. The van der Waals surface area contributed by atoms with E-state index in [0.29, 0.717) is 0 Å². The van der Waals surface area contributed by atoms with Gasteiger partial charge in [0.1, 0.15) is 0 Å². The molecule has 0 aliphatic carbocycles. The molecule has 3 rings (SSSR count). The third-order valence-corrected chi connectivity index (χ3v) is 16.2. The zero-order valence-electron chi connectivity index (χ0n) is 17.9. The number of allylic oxidation sites excluding steroid dienone is 1. The molecule has 0 heterocycles. The van der Waals surface area contributed by atoms with Crippen LogP contribution in [0, 0.1) is 0 Å². The quantitative estimate of drug-likeness (QED) is 0.141. The van der Waals surface area contributed by atoms with Crippen molar-refractivity contribution in [2.24, 2.45) is 0 Å².